The van der Waals surface area contributed by atoms with Crippen molar-refractivity contribution in [3.8, 4) is 0 Å². The van der Waals surface area contributed by atoms with E-state index >= 15 is 0 Å². The quantitative estimate of drug-likeness (QED) is 0.550. The lowest BCUT2D eigenvalue weighted by molar-refractivity contribution is 0.212. The van der Waals surface area contributed by atoms with Gasteiger partial charge >= 0.3 is 0 Å². The molecule has 0 saturated heterocycles. The lowest BCUT2D eigenvalue weighted by atomic mass is 9.96. The highest BCUT2D eigenvalue weighted by Crippen LogP contribution is 2.32. The van der Waals surface area contributed by atoms with Crippen LogP contribution in [0.3, 0.4) is 0 Å². The fourth-order valence-electron chi connectivity index (χ4n) is 2.02. The number of ether oxygens (including phenoxy) is 1. The number of allylic oxidation sites excluding steroid dienone is 1. The van der Waals surface area contributed by atoms with Crippen LogP contribution in [0.1, 0.15) is 6.92 Å². The van der Waals surface area contributed by atoms with Crippen LogP contribution >= 0.6 is 0 Å². The lowest BCUT2D eigenvalue weighted by Crippen LogP contribution is -2.22. The van der Waals surface area contributed by atoms with Crippen molar-refractivity contribution in [2.75, 3.05) is 20.3 Å². The number of rotatable bonds is 5. The number of hydrogen-bond donors (Lipinski definition) is 1. The first-order valence-electron chi connectivity index (χ1n) is 5.19. The van der Waals surface area contributed by atoms with Gasteiger partial charge in [0.25, 0.3) is 0 Å². The fraction of sp³-hybridized carbons (Fsp3) is 0.583. The Bertz CT molecular complexity index is 271. The van der Waals surface area contributed by atoms with E-state index in [4.69, 9.17) is 4.74 Å². The van der Waals surface area contributed by atoms with Crippen molar-refractivity contribution >= 4 is 6.21 Å². The van der Waals surface area contributed by atoms with Crippen molar-refractivity contribution in [3.05, 3.63) is 24.3 Å². The van der Waals surface area contributed by atoms with Gasteiger partial charge in [-0.1, -0.05) is 25.7 Å². The van der Waals surface area contributed by atoms with E-state index in [1.807, 2.05) is 0 Å². The Balaban J connectivity index is 2.74. The number of aliphatic hydroxyl groups is 1. The molecule has 0 spiro atoms. The minimum absolute atomic E-state index is 0.112. The molecule has 3 heteroatoms. The van der Waals surface area contributed by atoms with Gasteiger partial charge in [-0.05, 0) is 5.57 Å². The molecular weight excluding hydrogens is 190 g/mol. The van der Waals surface area contributed by atoms with Crippen LogP contribution in [0.25, 0.3) is 0 Å². The normalized spacial score (nSPS) is 30.9. The second kappa shape index (κ2) is 5.83. The van der Waals surface area contributed by atoms with Gasteiger partial charge in [-0.2, -0.15) is 0 Å². The van der Waals surface area contributed by atoms with E-state index in [1.165, 1.54) is 5.57 Å². The van der Waals surface area contributed by atoms with Gasteiger partial charge in [-0.3, -0.25) is 4.99 Å². The Morgan fingerprint density at radius 2 is 2.40 bits per heavy atom. The van der Waals surface area contributed by atoms with E-state index in [9.17, 15) is 5.11 Å². The standard InChI is InChI=1S/C12H19NO2/c1-4-5-13-12-9(2)11(8-15-3)6-10(12)7-14/h4-6,9-10,12,14H,1,7-8H2,2-3H3/b13-5+. The number of hydrogen-bond acceptors (Lipinski definition) is 3. The largest absolute Gasteiger partial charge is 0.396 e. The predicted octanol–water partition coefficient (Wildman–Crippen LogP) is 1.44. The highest BCUT2D eigenvalue weighted by atomic mass is 16.5. The maximum Gasteiger partial charge on any atom is 0.0676 e. The molecule has 0 radical (unpaired) electrons. The second-order valence-corrected chi connectivity index (χ2v) is 3.83. The fourth-order valence-corrected chi connectivity index (χ4v) is 2.02. The van der Waals surface area contributed by atoms with Crippen LogP contribution in [0.4, 0.5) is 0 Å². The first kappa shape index (κ1) is 12.1. The highest BCUT2D eigenvalue weighted by Gasteiger charge is 2.32. The Kier molecular flexibility index (Phi) is 4.72. The SMILES string of the molecule is C=C/C=N/C1C(CO)C=C(COC)C1C. The smallest absolute Gasteiger partial charge is 0.0676 e. The van der Waals surface area contributed by atoms with Gasteiger partial charge in [0, 0.05) is 25.2 Å². The van der Waals surface area contributed by atoms with E-state index in [0.717, 1.165) is 0 Å². The van der Waals surface area contributed by atoms with E-state index in [2.05, 4.69) is 24.6 Å². The summed E-state index contributed by atoms with van der Waals surface area (Å²) in [7, 11) is 1.68. The molecule has 1 N–H and O–H groups in total. The summed E-state index contributed by atoms with van der Waals surface area (Å²) in [4.78, 5) is 4.40. The van der Waals surface area contributed by atoms with Crippen molar-refractivity contribution in [1.82, 2.24) is 0 Å². The molecule has 1 rings (SSSR count). The maximum atomic E-state index is 9.25. The Labute approximate surface area is 91.2 Å². The molecule has 0 aliphatic heterocycles. The van der Waals surface area contributed by atoms with E-state index < -0.39 is 0 Å². The lowest BCUT2D eigenvalue weighted by Gasteiger charge is -2.18. The molecule has 3 atom stereocenters. The van der Waals surface area contributed by atoms with Crippen LogP contribution < -0.4 is 0 Å². The van der Waals surface area contributed by atoms with Crippen LogP contribution in [0.15, 0.2) is 29.3 Å². The van der Waals surface area contributed by atoms with Gasteiger partial charge in [0.05, 0.1) is 19.3 Å². The minimum atomic E-state index is 0.112. The number of nitrogens with zero attached hydrogens (tertiary/aromatic N) is 1. The second-order valence-electron chi connectivity index (χ2n) is 3.83. The van der Waals surface area contributed by atoms with Gasteiger partial charge < -0.3 is 9.84 Å². The topological polar surface area (TPSA) is 41.8 Å². The van der Waals surface area contributed by atoms with Crippen LogP contribution in [-0.4, -0.2) is 37.7 Å². The summed E-state index contributed by atoms with van der Waals surface area (Å²) in [5, 5.41) is 9.25. The molecule has 3 unspecified atom stereocenters. The third-order valence-electron chi connectivity index (χ3n) is 2.85. The third-order valence-corrected chi connectivity index (χ3v) is 2.85. The molecule has 0 aromatic heterocycles. The van der Waals surface area contributed by atoms with Gasteiger partial charge in [-0.15, -0.1) is 0 Å². The molecule has 15 heavy (non-hydrogen) atoms. The summed E-state index contributed by atoms with van der Waals surface area (Å²) in [6.45, 7) is 6.47. The summed E-state index contributed by atoms with van der Waals surface area (Å²) in [5.74, 6) is 0.444. The van der Waals surface area contributed by atoms with E-state index in [-0.39, 0.29) is 18.6 Å². The molecular formula is C12H19NO2. The van der Waals surface area contributed by atoms with Gasteiger partial charge in [0.2, 0.25) is 0 Å². The molecule has 0 heterocycles. The van der Waals surface area contributed by atoms with Gasteiger partial charge in [0.1, 0.15) is 0 Å². The molecule has 1 aliphatic rings. The van der Waals surface area contributed by atoms with Crippen molar-refractivity contribution in [3.63, 3.8) is 0 Å². The number of aliphatic imine (C=N–C) groups is 1. The number of aliphatic hydroxyl groups excluding tert-OH is 1. The van der Waals surface area contributed by atoms with E-state index in [1.54, 1.807) is 19.4 Å². The molecule has 3 nitrogen and oxygen atoms in total. The summed E-state index contributed by atoms with van der Waals surface area (Å²) in [6, 6.07) is 0.123. The molecule has 0 bridgehead atoms. The Morgan fingerprint density at radius 1 is 1.67 bits per heavy atom. The summed E-state index contributed by atoms with van der Waals surface area (Å²) >= 11 is 0. The first-order valence-corrected chi connectivity index (χ1v) is 5.19. The predicted molar refractivity (Wildman–Crippen MR) is 62.2 cm³/mol. The first-order chi connectivity index (χ1) is 7.24. The summed E-state index contributed by atoms with van der Waals surface area (Å²) in [6.07, 6.45) is 5.45. The van der Waals surface area contributed by atoms with Crippen molar-refractivity contribution in [2.45, 2.75) is 13.0 Å². The monoisotopic (exact) mass is 209 g/mol. The molecule has 0 aromatic carbocycles. The molecule has 0 amide bonds. The van der Waals surface area contributed by atoms with Crippen LogP contribution in [-0.2, 0) is 4.74 Å². The molecule has 0 fully saturated rings. The van der Waals surface area contributed by atoms with Crippen molar-refractivity contribution < 1.29 is 9.84 Å². The zero-order valence-corrected chi connectivity index (χ0v) is 9.39. The molecule has 1 aliphatic carbocycles. The average Bonchev–Trinajstić information content (AvgIpc) is 2.54. The minimum Gasteiger partial charge on any atom is -0.396 e. The zero-order chi connectivity index (χ0) is 11.3. The van der Waals surface area contributed by atoms with E-state index in [0.29, 0.717) is 12.5 Å². The van der Waals surface area contributed by atoms with Crippen molar-refractivity contribution in [1.29, 1.82) is 0 Å². The average molecular weight is 209 g/mol. The number of methoxy groups -OCH3 is 1. The van der Waals surface area contributed by atoms with Crippen LogP contribution in [0.2, 0.25) is 0 Å². The Morgan fingerprint density at radius 3 is 2.93 bits per heavy atom. The van der Waals surface area contributed by atoms with Crippen LogP contribution in [0, 0.1) is 11.8 Å². The Hall–Kier alpha value is -0.930. The molecule has 84 valence electrons. The van der Waals surface area contributed by atoms with Gasteiger partial charge in [0.15, 0.2) is 0 Å². The molecule has 0 aromatic rings. The summed E-state index contributed by atoms with van der Waals surface area (Å²) in [5.41, 5.74) is 1.22. The third kappa shape index (κ3) is 2.76. The summed E-state index contributed by atoms with van der Waals surface area (Å²) < 4.78 is 5.12. The zero-order valence-electron chi connectivity index (χ0n) is 9.39. The highest BCUT2D eigenvalue weighted by molar-refractivity contribution is 5.70. The molecule has 0 saturated carbocycles. The maximum absolute atomic E-state index is 9.25. The van der Waals surface area contributed by atoms with Gasteiger partial charge in [-0.25, -0.2) is 0 Å². The van der Waals surface area contributed by atoms with Crippen LogP contribution in [0.5, 0.6) is 0 Å². The van der Waals surface area contributed by atoms with Crippen molar-refractivity contribution in [2.24, 2.45) is 16.8 Å².